The Hall–Kier alpha value is -2.34. The molecule has 1 aliphatic rings. The number of aliphatic hydroxyl groups excluding tert-OH is 1. The lowest BCUT2D eigenvalue weighted by Gasteiger charge is -2.22. The number of amides is 2. The van der Waals surface area contributed by atoms with Crippen molar-refractivity contribution < 1.29 is 9.90 Å². The smallest absolute Gasteiger partial charge is 0.323 e. The molecule has 1 aromatic heterocycles. The summed E-state index contributed by atoms with van der Waals surface area (Å²) < 4.78 is 1.86. The van der Waals surface area contributed by atoms with E-state index in [2.05, 4.69) is 29.5 Å². The van der Waals surface area contributed by atoms with Gasteiger partial charge in [-0.1, -0.05) is 30.3 Å². The average molecular weight is 342 g/mol. The summed E-state index contributed by atoms with van der Waals surface area (Å²) in [6.07, 6.45) is 5.55. The molecule has 0 spiro atoms. The molecule has 3 rings (SSSR count). The molecule has 2 N–H and O–H groups in total. The number of nitrogens with one attached hydrogen (secondary N) is 1. The Kier molecular flexibility index (Phi) is 5.71. The summed E-state index contributed by atoms with van der Waals surface area (Å²) in [6, 6.07) is 12.3. The zero-order valence-electron chi connectivity index (χ0n) is 14.6. The summed E-state index contributed by atoms with van der Waals surface area (Å²) >= 11 is 0. The number of aliphatic hydroxyl groups is 1. The largest absolute Gasteiger partial charge is 0.396 e. The predicted molar refractivity (Wildman–Crippen MR) is 97.5 cm³/mol. The Morgan fingerprint density at radius 1 is 1.32 bits per heavy atom. The molecule has 1 heterocycles. The lowest BCUT2D eigenvalue weighted by Crippen LogP contribution is -2.37. The van der Waals surface area contributed by atoms with E-state index in [-0.39, 0.29) is 18.7 Å². The van der Waals surface area contributed by atoms with Crippen LogP contribution in [0.1, 0.15) is 44.2 Å². The molecular formula is C19H26N4O2. The lowest BCUT2D eigenvalue weighted by atomic mass is 10.1. The van der Waals surface area contributed by atoms with E-state index in [4.69, 9.17) is 5.11 Å². The van der Waals surface area contributed by atoms with Gasteiger partial charge in [0.25, 0.3) is 0 Å². The molecule has 1 saturated carbocycles. The SMILES string of the molecule is CC(c1ccccc1)n1ccc(NC(=O)N(CCCCO)C2CC2)n1. The van der Waals surface area contributed by atoms with Gasteiger partial charge in [0.1, 0.15) is 0 Å². The molecule has 1 unspecified atom stereocenters. The molecule has 1 aromatic carbocycles. The molecule has 6 nitrogen and oxygen atoms in total. The number of carbonyl (C=O) groups is 1. The van der Waals surface area contributed by atoms with Crippen LogP contribution in [-0.4, -0.2) is 45.0 Å². The molecule has 0 aliphatic heterocycles. The predicted octanol–water partition coefficient (Wildman–Crippen LogP) is 3.26. The molecule has 1 aliphatic carbocycles. The van der Waals surface area contributed by atoms with E-state index in [1.807, 2.05) is 40.0 Å². The number of hydrogen-bond donors (Lipinski definition) is 2. The maximum atomic E-state index is 12.5. The third-order valence-corrected chi connectivity index (χ3v) is 4.58. The van der Waals surface area contributed by atoms with Crippen LogP contribution in [0.5, 0.6) is 0 Å². The van der Waals surface area contributed by atoms with Gasteiger partial charge in [0.05, 0.1) is 6.04 Å². The minimum atomic E-state index is -0.0990. The second-order valence-electron chi connectivity index (χ2n) is 6.55. The number of benzene rings is 1. The van der Waals surface area contributed by atoms with Gasteiger partial charge in [0.2, 0.25) is 0 Å². The van der Waals surface area contributed by atoms with Gasteiger partial charge >= 0.3 is 6.03 Å². The molecule has 2 aromatic rings. The maximum absolute atomic E-state index is 12.5. The molecule has 1 fully saturated rings. The first-order valence-corrected chi connectivity index (χ1v) is 8.97. The lowest BCUT2D eigenvalue weighted by molar-refractivity contribution is 0.204. The summed E-state index contributed by atoms with van der Waals surface area (Å²) in [5.41, 5.74) is 1.17. The number of anilines is 1. The summed E-state index contributed by atoms with van der Waals surface area (Å²) in [5, 5.41) is 16.3. The minimum Gasteiger partial charge on any atom is -0.396 e. The Labute approximate surface area is 148 Å². The first-order valence-electron chi connectivity index (χ1n) is 8.97. The van der Waals surface area contributed by atoms with E-state index in [0.29, 0.717) is 18.4 Å². The Bertz CT molecular complexity index is 682. The molecule has 2 amide bonds. The number of aromatic nitrogens is 2. The standard InChI is InChI=1S/C19H26N4O2/c1-15(16-7-3-2-4-8-16)23-13-11-18(21-23)20-19(25)22(17-9-10-17)12-5-6-14-24/h2-4,7-8,11,13,15,17,24H,5-6,9-10,12,14H2,1H3,(H,20,21,25). The zero-order valence-corrected chi connectivity index (χ0v) is 14.6. The van der Waals surface area contributed by atoms with Gasteiger partial charge in [-0.2, -0.15) is 5.10 Å². The van der Waals surface area contributed by atoms with Crippen molar-refractivity contribution in [3.8, 4) is 0 Å². The van der Waals surface area contributed by atoms with Gasteiger partial charge in [-0.15, -0.1) is 0 Å². The first kappa shape index (κ1) is 17.5. The average Bonchev–Trinajstić information content (AvgIpc) is 3.37. The van der Waals surface area contributed by atoms with Crippen molar-refractivity contribution in [2.75, 3.05) is 18.5 Å². The fraction of sp³-hybridized carbons (Fsp3) is 0.474. The normalized spacial score (nSPS) is 15.0. The molecule has 0 saturated heterocycles. The number of carbonyl (C=O) groups excluding carboxylic acids is 1. The fourth-order valence-electron chi connectivity index (χ4n) is 2.92. The highest BCUT2D eigenvalue weighted by Crippen LogP contribution is 2.28. The summed E-state index contributed by atoms with van der Waals surface area (Å²) in [6.45, 7) is 2.93. The van der Waals surface area contributed by atoms with E-state index in [1.54, 1.807) is 0 Å². The Morgan fingerprint density at radius 3 is 2.76 bits per heavy atom. The first-order chi connectivity index (χ1) is 12.2. The van der Waals surface area contributed by atoms with E-state index < -0.39 is 0 Å². The van der Waals surface area contributed by atoms with Gasteiger partial charge in [-0.3, -0.25) is 10.00 Å². The van der Waals surface area contributed by atoms with Crippen molar-refractivity contribution in [3.63, 3.8) is 0 Å². The molecular weight excluding hydrogens is 316 g/mol. The van der Waals surface area contributed by atoms with Crippen molar-refractivity contribution in [1.82, 2.24) is 14.7 Å². The van der Waals surface area contributed by atoms with Gasteiger partial charge in [-0.05, 0) is 38.2 Å². The van der Waals surface area contributed by atoms with Crippen LogP contribution in [0.3, 0.4) is 0 Å². The minimum absolute atomic E-state index is 0.0990. The quantitative estimate of drug-likeness (QED) is 0.724. The molecule has 0 bridgehead atoms. The van der Waals surface area contributed by atoms with Crippen LogP contribution in [0.15, 0.2) is 42.6 Å². The van der Waals surface area contributed by atoms with Crippen LogP contribution in [0.25, 0.3) is 0 Å². The number of nitrogens with zero attached hydrogens (tertiary/aromatic N) is 3. The van der Waals surface area contributed by atoms with Crippen molar-refractivity contribution in [2.24, 2.45) is 0 Å². The van der Waals surface area contributed by atoms with Gasteiger partial charge in [0.15, 0.2) is 5.82 Å². The van der Waals surface area contributed by atoms with E-state index in [0.717, 1.165) is 25.7 Å². The second kappa shape index (κ2) is 8.16. The van der Waals surface area contributed by atoms with Crippen molar-refractivity contribution in [3.05, 3.63) is 48.2 Å². The number of hydrogen-bond acceptors (Lipinski definition) is 3. The van der Waals surface area contributed by atoms with Gasteiger partial charge < -0.3 is 10.0 Å². The molecule has 0 radical (unpaired) electrons. The molecule has 1 atom stereocenters. The van der Waals surface area contributed by atoms with Crippen LogP contribution >= 0.6 is 0 Å². The third kappa shape index (κ3) is 4.60. The van der Waals surface area contributed by atoms with Crippen LogP contribution in [-0.2, 0) is 0 Å². The highest BCUT2D eigenvalue weighted by molar-refractivity contribution is 5.88. The Balaban J connectivity index is 1.61. The monoisotopic (exact) mass is 342 g/mol. The molecule has 6 heteroatoms. The van der Waals surface area contributed by atoms with Crippen LogP contribution in [0.2, 0.25) is 0 Å². The van der Waals surface area contributed by atoms with E-state index >= 15 is 0 Å². The number of urea groups is 1. The molecule has 25 heavy (non-hydrogen) atoms. The van der Waals surface area contributed by atoms with Crippen LogP contribution < -0.4 is 5.32 Å². The van der Waals surface area contributed by atoms with Crippen LogP contribution in [0, 0.1) is 0 Å². The molecule has 134 valence electrons. The third-order valence-electron chi connectivity index (χ3n) is 4.58. The van der Waals surface area contributed by atoms with E-state index in [9.17, 15) is 4.79 Å². The summed E-state index contributed by atoms with van der Waals surface area (Å²) in [5.74, 6) is 0.570. The zero-order chi connectivity index (χ0) is 17.6. The van der Waals surface area contributed by atoms with Gasteiger partial charge in [-0.25, -0.2) is 4.79 Å². The number of rotatable bonds is 8. The van der Waals surface area contributed by atoms with Crippen LogP contribution in [0.4, 0.5) is 10.6 Å². The van der Waals surface area contributed by atoms with Crippen molar-refractivity contribution in [1.29, 1.82) is 0 Å². The highest BCUT2D eigenvalue weighted by Gasteiger charge is 2.32. The topological polar surface area (TPSA) is 70.4 Å². The summed E-state index contributed by atoms with van der Waals surface area (Å²) in [7, 11) is 0. The van der Waals surface area contributed by atoms with Crippen molar-refractivity contribution in [2.45, 2.75) is 44.7 Å². The van der Waals surface area contributed by atoms with E-state index in [1.165, 1.54) is 5.56 Å². The second-order valence-corrected chi connectivity index (χ2v) is 6.55. The number of unbranched alkanes of at least 4 members (excludes halogenated alkanes) is 1. The Morgan fingerprint density at radius 2 is 2.08 bits per heavy atom. The maximum Gasteiger partial charge on any atom is 0.323 e. The summed E-state index contributed by atoms with van der Waals surface area (Å²) in [4.78, 5) is 14.4. The highest BCUT2D eigenvalue weighted by atomic mass is 16.3. The fourth-order valence-corrected chi connectivity index (χ4v) is 2.92. The van der Waals surface area contributed by atoms with Crippen molar-refractivity contribution >= 4 is 11.8 Å². The van der Waals surface area contributed by atoms with Gasteiger partial charge in [0, 0.05) is 31.5 Å².